The number of pyridine rings is 1. The number of rotatable bonds is 3. The fourth-order valence-corrected chi connectivity index (χ4v) is 2.74. The molecule has 0 spiro atoms. The molecule has 0 radical (unpaired) electrons. The predicted molar refractivity (Wildman–Crippen MR) is 83.6 cm³/mol. The number of nitrogens with one attached hydrogen (secondary N) is 1. The Balaban J connectivity index is 2.21. The minimum Gasteiger partial charge on any atom is -0.302 e. The van der Waals surface area contributed by atoms with Crippen LogP contribution in [0, 0.1) is 0 Å². The van der Waals surface area contributed by atoms with E-state index in [2.05, 4.69) is 26.0 Å². The summed E-state index contributed by atoms with van der Waals surface area (Å²) in [5.74, 6) is -0.297. The van der Waals surface area contributed by atoms with Crippen molar-refractivity contribution in [3.05, 3.63) is 62.6 Å². The summed E-state index contributed by atoms with van der Waals surface area (Å²) in [7, 11) is 0. The quantitative estimate of drug-likeness (QED) is 0.742. The Morgan fingerprint density at radius 3 is 2.86 bits per heavy atom. The van der Waals surface area contributed by atoms with Crippen molar-refractivity contribution in [3.8, 4) is 0 Å². The van der Waals surface area contributed by atoms with Crippen molar-refractivity contribution in [1.29, 1.82) is 0 Å². The first kappa shape index (κ1) is 13.8. The van der Waals surface area contributed by atoms with Gasteiger partial charge in [-0.3, -0.25) is 19.3 Å². The molecular formula is C15H12BrN3O2. The highest BCUT2D eigenvalue weighted by Gasteiger charge is 2.19. The van der Waals surface area contributed by atoms with E-state index in [-0.39, 0.29) is 16.9 Å². The number of hydrogen-bond donors (Lipinski definition) is 1. The van der Waals surface area contributed by atoms with Gasteiger partial charge in [0, 0.05) is 34.4 Å². The van der Waals surface area contributed by atoms with E-state index in [0.717, 1.165) is 9.86 Å². The Bertz CT molecular complexity index is 895. The highest BCUT2D eigenvalue weighted by Crippen LogP contribution is 2.26. The number of nitrogens with zero attached hydrogens (tertiary/aromatic N) is 2. The lowest BCUT2D eigenvalue weighted by Crippen LogP contribution is -2.21. The van der Waals surface area contributed by atoms with Crippen molar-refractivity contribution in [2.24, 2.45) is 0 Å². The van der Waals surface area contributed by atoms with Gasteiger partial charge in [0.1, 0.15) is 5.56 Å². The van der Waals surface area contributed by atoms with Crippen LogP contribution in [0.5, 0.6) is 0 Å². The highest BCUT2D eigenvalue weighted by atomic mass is 79.9. The Kier molecular flexibility index (Phi) is 3.47. The molecule has 2 aromatic heterocycles. The van der Waals surface area contributed by atoms with Crippen LogP contribution in [0.3, 0.4) is 0 Å². The third kappa shape index (κ3) is 2.21. The second kappa shape index (κ2) is 5.29. The van der Waals surface area contributed by atoms with Crippen molar-refractivity contribution in [1.82, 2.24) is 14.8 Å². The average Bonchev–Trinajstić information content (AvgIpc) is 2.88. The molecule has 0 saturated carbocycles. The number of H-pyrrole nitrogens is 1. The van der Waals surface area contributed by atoms with E-state index >= 15 is 0 Å². The van der Waals surface area contributed by atoms with Gasteiger partial charge in [0.05, 0.1) is 5.52 Å². The Hall–Kier alpha value is -2.21. The predicted octanol–water partition coefficient (Wildman–Crippen LogP) is 2.74. The van der Waals surface area contributed by atoms with Crippen molar-refractivity contribution in [2.75, 3.05) is 0 Å². The van der Waals surface area contributed by atoms with Crippen LogP contribution in [0.25, 0.3) is 10.9 Å². The molecule has 0 unspecified atom stereocenters. The maximum atomic E-state index is 12.6. The second-order valence-corrected chi connectivity index (χ2v) is 5.41. The molecule has 1 aromatic carbocycles. The van der Waals surface area contributed by atoms with Crippen LogP contribution in [0.2, 0.25) is 0 Å². The van der Waals surface area contributed by atoms with Crippen LogP contribution in [0.4, 0.5) is 0 Å². The Morgan fingerprint density at radius 2 is 2.14 bits per heavy atom. The van der Waals surface area contributed by atoms with Crippen LogP contribution in [-0.4, -0.2) is 20.5 Å². The largest absolute Gasteiger partial charge is 0.302 e. The number of carbonyl (C=O) groups excluding carboxylic acids is 1. The molecule has 6 heteroatoms. The minimum absolute atomic E-state index is 0.143. The third-order valence-electron chi connectivity index (χ3n) is 3.37. The van der Waals surface area contributed by atoms with E-state index in [4.69, 9.17) is 0 Å². The van der Waals surface area contributed by atoms with E-state index in [1.807, 2.05) is 13.0 Å². The zero-order chi connectivity index (χ0) is 15.0. The average molecular weight is 346 g/mol. The molecule has 5 nitrogen and oxygen atoms in total. The number of ketones is 1. The Labute approximate surface area is 128 Å². The first-order valence-corrected chi connectivity index (χ1v) is 7.29. The lowest BCUT2D eigenvalue weighted by molar-refractivity contribution is 0.103. The smallest absolute Gasteiger partial charge is 0.277 e. The monoisotopic (exact) mass is 345 g/mol. The highest BCUT2D eigenvalue weighted by molar-refractivity contribution is 9.10. The summed E-state index contributed by atoms with van der Waals surface area (Å²) in [4.78, 5) is 29.0. The summed E-state index contributed by atoms with van der Waals surface area (Å²) >= 11 is 3.42. The topological polar surface area (TPSA) is 67.8 Å². The van der Waals surface area contributed by atoms with Gasteiger partial charge in [0.15, 0.2) is 0 Å². The van der Waals surface area contributed by atoms with Gasteiger partial charge in [-0.2, -0.15) is 0 Å². The molecule has 3 aromatic rings. The number of carbonyl (C=O) groups is 1. The molecule has 0 amide bonds. The molecule has 0 atom stereocenters. The number of hydrogen-bond acceptors (Lipinski definition) is 3. The fraction of sp³-hybridized carbons (Fsp3) is 0.133. The van der Waals surface area contributed by atoms with Crippen LogP contribution in [0.15, 0.2) is 45.9 Å². The zero-order valence-corrected chi connectivity index (χ0v) is 12.8. The molecule has 3 rings (SSSR count). The van der Waals surface area contributed by atoms with E-state index in [1.165, 1.54) is 10.9 Å². The van der Waals surface area contributed by atoms with E-state index < -0.39 is 0 Å². The molecular weight excluding hydrogens is 334 g/mol. The van der Waals surface area contributed by atoms with Crippen molar-refractivity contribution < 1.29 is 4.79 Å². The van der Waals surface area contributed by atoms with Gasteiger partial charge in [0.2, 0.25) is 5.78 Å². The number of halogens is 1. The normalized spacial score (nSPS) is 11.0. The maximum Gasteiger partial charge on any atom is 0.277 e. The summed E-state index contributed by atoms with van der Waals surface area (Å²) in [6, 6.07) is 7.07. The molecule has 106 valence electrons. The summed E-state index contributed by atoms with van der Waals surface area (Å²) in [6.45, 7) is 2.33. The van der Waals surface area contributed by atoms with Gasteiger partial charge >= 0.3 is 0 Å². The molecule has 2 heterocycles. The molecule has 0 saturated heterocycles. The summed E-state index contributed by atoms with van der Waals surface area (Å²) < 4.78 is 2.21. The molecule has 0 fully saturated rings. The van der Waals surface area contributed by atoms with Crippen LogP contribution < -0.4 is 5.56 Å². The zero-order valence-electron chi connectivity index (χ0n) is 11.3. The van der Waals surface area contributed by atoms with Crippen LogP contribution in [0.1, 0.15) is 22.8 Å². The molecule has 0 bridgehead atoms. The number of aromatic amines is 1. The van der Waals surface area contributed by atoms with Gasteiger partial charge in [-0.25, -0.2) is 0 Å². The van der Waals surface area contributed by atoms with Crippen molar-refractivity contribution >= 4 is 32.6 Å². The minimum atomic E-state index is -0.303. The Morgan fingerprint density at radius 1 is 1.33 bits per heavy atom. The molecule has 1 N–H and O–H groups in total. The first-order chi connectivity index (χ1) is 10.1. The van der Waals surface area contributed by atoms with E-state index in [9.17, 15) is 9.59 Å². The first-order valence-electron chi connectivity index (χ1n) is 6.49. The summed E-state index contributed by atoms with van der Waals surface area (Å²) in [6.07, 6.45) is 3.13. The van der Waals surface area contributed by atoms with E-state index in [1.54, 1.807) is 24.4 Å². The molecule has 0 aliphatic rings. The van der Waals surface area contributed by atoms with Gasteiger partial charge in [0.25, 0.3) is 5.56 Å². The lowest BCUT2D eigenvalue weighted by atomic mass is 10.0. The summed E-state index contributed by atoms with van der Waals surface area (Å²) in [5.41, 5.74) is 1.02. The van der Waals surface area contributed by atoms with Gasteiger partial charge in [-0.05, 0) is 41.1 Å². The summed E-state index contributed by atoms with van der Waals surface area (Å²) in [5, 5.41) is 3.51. The standard InChI is InChI=1S/C15H12BrN3O2/c1-2-19-15(21)11(8-18-19)14(20)10-5-6-12(16)13-9(10)4-3-7-17-13/h3-8,18H,2H2,1H3. The van der Waals surface area contributed by atoms with Crippen molar-refractivity contribution in [2.45, 2.75) is 13.5 Å². The van der Waals surface area contributed by atoms with Crippen LogP contribution in [-0.2, 0) is 6.54 Å². The van der Waals surface area contributed by atoms with Crippen molar-refractivity contribution in [3.63, 3.8) is 0 Å². The molecule has 0 aliphatic carbocycles. The number of aryl methyl sites for hydroxylation is 1. The molecule has 21 heavy (non-hydrogen) atoms. The van der Waals surface area contributed by atoms with E-state index in [0.29, 0.717) is 17.6 Å². The molecule has 0 aliphatic heterocycles. The number of aromatic nitrogens is 3. The van der Waals surface area contributed by atoms with Gasteiger partial charge in [-0.1, -0.05) is 6.07 Å². The van der Waals surface area contributed by atoms with Crippen LogP contribution >= 0.6 is 15.9 Å². The van der Waals surface area contributed by atoms with Gasteiger partial charge < -0.3 is 5.10 Å². The second-order valence-electron chi connectivity index (χ2n) is 4.56. The number of benzene rings is 1. The number of fused-ring (bicyclic) bond motifs is 1. The fourth-order valence-electron chi connectivity index (χ4n) is 2.29. The van der Waals surface area contributed by atoms with Gasteiger partial charge in [-0.15, -0.1) is 0 Å². The maximum absolute atomic E-state index is 12.6. The third-order valence-corrected chi connectivity index (χ3v) is 4.01. The lowest BCUT2D eigenvalue weighted by Gasteiger charge is -2.05. The SMILES string of the molecule is CCn1[nH]cc(C(=O)c2ccc(Br)c3ncccc23)c1=O.